The van der Waals surface area contributed by atoms with Crippen LogP contribution in [0.5, 0.6) is 0 Å². The van der Waals surface area contributed by atoms with Crippen molar-refractivity contribution in [1.82, 2.24) is 0 Å². The zero-order valence-electron chi connectivity index (χ0n) is 8.23. The maximum absolute atomic E-state index is 2.36. The molecule has 3 fully saturated rings. The van der Waals surface area contributed by atoms with Gasteiger partial charge in [-0.1, -0.05) is 32.6 Å². The van der Waals surface area contributed by atoms with E-state index >= 15 is 0 Å². The summed E-state index contributed by atoms with van der Waals surface area (Å²) in [6.45, 7) is 2.36. The van der Waals surface area contributed by atoms with E-state index in [1.807, 2.05) is 0 Å². The molecule has 0 radical (unpaired) electrons. The fraction of sp³-hybridized carbons (Fsp3) is 1.00. The summed E-state index contributed by atoms with van der Waals surface area (Å²) in [5.41, 5.74) is 1.86. The summed E-state index contributed by atoms with van der Waals surface area (Å²) in [6.07, 6.45) is 12.4. The number of rotatable bonds is 2. The summed E-state index contributed by atoms with van der Waals surface area (Å²) in [6, 6.07) is 0. The van der Waals surface area contributed by atoms with Crippen LogP contribution in [0.1, 0.15) is 58.3 Å². The van der Waals surface area contributed by atoms with Crippen molar-refractivity contribution in [3.8, 4) is 0 Å². The third kappa shape index (κ3) is 0.625. The number of hydrogen-bond donors (Lipinski definition) is 0. The average molecular weight is 164 g/mol. The van der Waals surface area contributed by atoms with Crippen LogP contribution in [0.4, 0.5) is 0 Å². The van der Waals surface area contributed by atoms with Crippen molar-refractivity contribution in [3.05, 3.63) is 0 Å². The first-order chi connectivity index (χ1) is 5.86. The Morgan fingerprint density at radius 3 is 2.50 bits per heavy atom. The minimum Gasteiger partial charge on any atom is -0.0654 e. The molecule has 68 valence electrons. The van der Waals surface area contributed by atoms with Gasteiger partial charge < -0.3 is 0 Å². The zero-order chi connectivity index (χ0) is 8.23. The number of hydrogen-bond acceptors (Lipinski definition) is 0. The molecule has 0 aromatic carbocycles. The van der Waals surface area contributed by atoms with Gasteiger partial charge >= 0.3 is 0 Å². The molecule has 0 aromatic rings. The van der Waals surface area contributed by atoms with E-state index in [0.717, 1.165) is 10.8 Å². The molecule has 3 rings (SSSR count). The molecule has 0 heteroatoms. The molecular weight excluding hydrogens is 144 g/mol. The van der Waals surface area contributed by atoms with Crippen molar-refractivity contribution in [2.75, 3.05) is 0 Å². The lowest BCUT2D eigenvalue weighted by atomic mass is 9.74. The maximum Gasteiger partial charge on any atom is -0.0201 e. The Morgan fingerprint density at radius 2 is 1.92 bits per heavy atom. The van der Waals surface area contributed by atoms with E-state index in [1.54, 1.807) is 38.5 Å². The van der Waals surface area contributed by atoms with Crippen molar-refractivity contribution < 1.29 is 0 Å². The van der Waals surface area contributed by atoms with E-state index in [0.29, 0.717) is 0 Å². The van der Waals surface area contributed by atoms with Gasteiger partial charge in [0.2, 0.25) is 0 Å². The summed E-state index contributed by atoms with van der Waals surface area (Å²) >= 11 is 0. The first-order valence-corrected chi connectivity index (χ1v) is 5.86. The lowest BCUT2D eigenvalue weighted by Crippen LogP contribution is -2.20. The Bertz CT molecular complexity index is 200. The molecule has 0 nitrogen and oxygen atoms in total. The molecule has 0 amide bonds. The molecule has 12 heavy (non-hydrogen) atoms. The Kier molecular flexibility index (Phi) is 1.28. The SMILES string of the molecule is CCCC12CC1C21CCCCC1. The van der Waals surface area contributed by atoms with E-state index in [-0.39, 0.29) is 0 Å². The maximum atomic E-state index is 2.36. The summed E-state index contributed by atoms with van der Waals surface area (Å²) < 4.78 is 0. The van der Waals surface area contributed by atoms with Gasteiger partial charge in [-0.2, -0.15) is 0 Å². The first-order valence-electron chi connectivity index (χ1n) is 5.86. The molecule has 0 aliphatic heterocycles. The lowest BCUT2D eigenvalue weighted by molar-refractivity contribution is 0.197. The van der Waals surface area contributed by atoms with Crippen LogP contribution >= 0.6 is 0 Å². The fourth-order valence-corrected chi connectivity index (χ4v) is 4.41. The van der Waals surface area contributed by atoms with Gasteiger partial charge in [0.25, 0.3) is 0 Å². The Labute approximate surface area is 75.7 Å². The van der Waals surface area contributed by atoms with Gasteiger partial charge in [-0.05, 0) is 42.4 Å². The minimum atomic E-state index is 0.932. The molecule has 0 bridgehead atoms. The molecular formula is C12H20. The Morgan fingerprint density at radius 1 is 1.17 bits per heavy atom. The van der Waals surface area contributed by atoms with Gasteiger partial charge in [-0.15, -0.1) is 0 Å². The summed E-state index contributed by atoms with van der Waals surface area (Å²) in [4.78, 5) is 0. The first kappa shape index (κ1) is 7.41. The second-order valence-electron chi connectivity index (χ2n) is 5.38. The molecule has 2 unspecified atom stereocenters. The van der Waals surface area contributed by atoms with E-state index in [2.05, 4.69) is 6.92 Å². The van der Waals surface area contributed by atoms with Crippen molar-refractivity contribution in [3.63, 3.8) is 0 Å². The smallest absolute Gasteiger partial charge is 0.0201 e. The van der Waals surface area contributed by atoms with Crippen LogP contribution in [0.25, 0.3) is 0 Å². The summed E-state index contributed by atoms with van der Waals surface area (Å²) in [5, 5.41) is 0. The van der Waals surface area contributed by atoms with Gasteiger partial charge in [0.05, 0.1) is 0 Å². The summed E-state index contributed by atoms with van der Waals surface area (Å²) in [7, 11) is 0. The van der Waals surface area contributed by atoms with Crippen molar-refractivity contribution >= 4 is 0 Å². The van der Waals surface area contributed by atoms with Crippen molar-refractivity contribution in [1.29, 1.82) is 0 Å². The monoisotopic (exact) mass is 164 g/mol. The fourth-order valence-electron chi connectivity index (χ4n) is 4.41. The number of fused-ring (bicyclic) bond motifs is 3. The Balaban J connectivity index is 1.72. The second-order valence-corrected chi connectivity index (χ2v) is 5.38. The zero-order valence-corrected chi connectivity index (χ0v) is 8.23. The average Bonchev–Trinajstić information content (AvgIpc) is 2.95. The van der Waals surface area contributed by atoms with Crippen LogP contribution in [0.3, 0.4) is 0 Å². The van der Waals surface area contributed by atoms with Crippen LogP contribution < -0.4 is 0 Å². The third-order valence-corrected chi connectivity index (χ3v) is 5.09. The van der Waals surface area contributed by atoms with Crippen molar-refractivity contribution in [2.45, 2.75) is 58.3 Å². The molecule has 0 N–H and O–H groups in total. The topological polar surface area (TPSA) is 0 Å². The van der Waals surface area contributed by atoms with E-state index in [4.69, 9.17) is 0 Å². The lowest BCUT2D eigenvalue weighted by Gasteiger charge is -2.31. The normalized spacial score (nSPS) is 47.2. The quantitative estimate of drug-likeness (QED) is 0.583. The van der Waals surface area contributed by atoms with E-state index < -0.39 is 0 Å². The van der Waals surface area contributed by atoms with Crippen LogP contribution in [0, 0.1) is 16.7 Å². The van der Waals surface area contributed by atoms with E-state index in [9.17, 15) is 0 Å². The van der Waals surface area contributed by atoms with Crippen LogP contribution in [0.15, 0.2) is 0 Å². The van der Waals surface area contributed by atoms with E-state index in [1.165, 1.54) is 18.8 Å². The minimum absolute atomic E-state index is 0.932. The third-order valence-electron chi connectivity index (χ3n) is 5.09. The Hall–Kier alpha value is 0. The second kappa shape index (κ2) is 2.08. The highest BCUT2D eigenvalue weighted by Gasteiger charge is 2.86. The molecule has 0 heterocycles. The highest BCUT2D eigenvalue weighted by Crippen LogP contribution is 2.92. The van der Waals surface area contributed by atoms with Gasteiger partial charge in [0.15, 0.2) is 0 Å². The molecule has 1 spiro atoms. The molecule has 0 saturated heterocycles. The molecule has 0 aromatic heterocycles. The van der Waals surface area contributed by atoms with Gasteiger partial charge in [0.1, 0.15) is 0 Å². The highest BCUT2D eigenvalue weighted by atomic mass is 14.9. The molecule has 3 aliphatic carbocycles. The van der Waals surface area contributed by atoms with Gasteiger partial charge in [-0.25, -0.2) is 0 Å². The standard InChI is InChI=1S/C12H20/c1-2-6-12-9-10(12)11(12)7-4-3-5-8-11/h10H,2-9H2,1H3. The molecule has 3 aliphatic rings. The van der Waals surface area contributed by atoms with Crippen LogP contribution in [-0.2, 0) is 0 Å². The van der Waals surface area contributed by atoms with Crippen molar-refractivity contribution in [2.24, 2.45) is 16.7 Å². The highest BCUT2D eigenvalue weighted by molar-refractivity contribution is 5.34. The summed E-state index contributed by atoms with van der Waals surface area (Å²) in [5.74, 6) is 1.21. The molecule has 3 saturated carbocycles. The van der Waals surface area contributed by atoms with Crippen LogP contribution in [-0.4, -0.2) is 0 Å². The van der Waals surface area contributed by atoms with Crippen LogP contribution in [0.2, 0.25) is 0 Å². The predicted molar refractivity (Wildman–Crippen MR) is 51.0 cm³/mol. The predicted octanol–water partition coefficient (Wildman–Crippen LogP) is 3.76. The van der Waals surface area contributed by atoms with Gasteiger partial charge in [0, 0.05) is 0 Å². The van der Waals surface area contributed by atoms with Gasteiger partial charge in [-0.3, -0.25) is 0 Å². The molecule has 2 atom stereocenters. The largest absolute Gasteiger partial charge is 0.0654 e.